The average Bonchev–Trinajstić information content (AvgIpc) is 3.24. The van der Waals surface area contributed by atoms with Gasteiger partial charge in [-0.3, -0.25) is 14.9 Å². The number of aromatic hydroxyl groups is 1. The monoisotopic (exact) mass is 428 g/mol. The molecule has 0 atom stereocenters. The topological polar surface area (TPSA) is 145 Å². The van der Waals surface area contributed by atoms with Crippen LogP contribution >= 0.6 is 0 Å². The molecule has 0 fully saturated rings. The van der Waals surface area contributed by atoms with Crippen molar-refractivity contribution in [3.8, 4) is 5.75 Å². The van der Waals surface area contributed by atoms with Crippen molar-refractivity contribution in [1.82, 2.24) is 10.4 Å². The number of rotatable bonds is 6. The number of aromatic nitrogens is 1. The highest BCUT2D eigenvalue weighted by molar-refractivity contribution is 5.98. The molecular formula is C22H16N6O4. The number of nitro benzene ring substituents is 1. The van der Waals surface area contributed by atoms with E-state index in [2.05, 4.69) is 25.7 Å². The molecule has 0 bridgehead atoms. The molecule has 0 radical (unpaired) electrons. The Morgan fingerprint density at radius 3 is 2.47 bits per heavy atom. The van der Waals surface area contributed by atoms with Gasteiger partial charge in [-0.2, -0.15) is 15.3 Å². The number of carbonyl (C=O) groups is 1. The molecule has 4 rings (SSSR count). The third-order valence-corrected chi connectivity index (χ3v) is 4.50. The zero-order valence-electron chi connectivity index (χ0n) is 16.5. The molecule has 1 aromatic heterocycles. The normalized spacial score (nSPS) is 11.4. The molecule has 0 aliphatic rings. The van der Waals surface area contributed by atoms with Crippen molar-refractivity contribution in [3.63, 3.8) is 0 Å². The molecule has 1 heterocycles. The van der Waals surface area contributed by atoms with E-state index in [0.717, 1.165) is 10.9 Å². The minimum Gasteiger partial charge on any atom is -0.507 e. The Kier molecular flexibility index (Phi) is 5.66. The quantitative estimate of drug-likeness (QED) is 0.172. The lowest BCUT2D eigenvalue weighted by molar-refractivity contribution is -0.384. The zero-order chi connectivity index (χ0) is 22.5. The van der Waals surface area contributed by atoms with Crippen molar-refractivity contribution in [1.29, 1.82) is 0 Å². The summed E-state index contributed by atoms with van der Waals surface area (Å²) in [4.78, 5) is 25.5. The second-order valence-corrected chi connectivity index (χ2v) is 6.69. The lowest BCUT2D eigenvalue weighted by Crippen LogP contribution is -2.17. The molecule has 32 heavy (non-hydrogen) atoms. The fourth-order valence-electron chi connectivity index (χ4n) is 2.88. The predicted octanol–water partition coefficient (Wildman–Crippen LogP) is 4.96. The number of nitro groups is 1. The highest BCUT2D eigenvalue weighted by Gasteiger charge is 2.08. The molecule has 4 aromatic rings. The molecule has 0 saturated heterocycles. The summed E-state index contributed by atoms with van der Waals surface area (Å²) in [6, 6.07) is 19.3. The SMILES string of the molecule is O=C(N/N=C/c1cc(N=Nc2ccc([N+](=O)[O-])cc2)ccc1O)c1cc2ccccc2[nH]1. The summed E-state index contributed by atoms with van der Waals surface area (Å²) in [5, 5.41) is 33.6. The number of amides is 1. The van der Waals surface area contributed by atoms with E-state index in [4.69, 9.17) is 0 Å². The number of para-hydroxylation sites is 1. The first kappa shape index (κ1) is 20.4. The standard InChI is InChI=1S/C22H16N6O4/c29-21-10-7-17(26-25-16-5-8-18(9-6-16)28(31)32)11-15(21)13-23-27-22(30)20-12-14-3-1-2-4-19(14)24-20/h1-13,24,29H,(H,27,30)/b23-13+,26-25?. The van der Waals surface area contributed by atoms with Crippen molar-refractivity contribution < 1.29 is 14.8 Å². The highest BCUT2D eigenvalue weighted by Crippen LogP contribution is 2.25. The molecule has 0 unspecified atom stereocenters. The number of phenols is 1. The number of aromatic amines is 1. The van der Waals surface area contributed by atoms with Crippen molar-refractivity contribution in [2.75, 3.05) is 0 Å². The van der Waals surface area contributed by atoms with E-state index in [0.29, 0.717) is 22.6 Å². The summed E-state index contributed by atoms with van der Waals surface area (Å²) in [5.41, 5.74) is 4.74. The van der Waals surface area contributed by atoms with Crippen LogP contribution in [0.5, 0.6) is 5.75 Å². The number of hydrogen-bond donors (Lipinski definition) is 3. The number of non-ortho nitro benzene ring substituents is 1. The average molecular weight is 428 g/mol. The first-order valence-corrected chi connectivity index (χ1v) is 9.40. The number of benzene rings is 3. The Hall–Kier alpha value is -4.86. The minimum absolute atomic E-state index is 0.0402. The van der Waals surface area contributed by atoms with E-state index in [1.165, 1.54) is 42.6 Å². The van der Waals surface area contributed by atoms with E-state index in [9.17, 15) is 20.0 Å². The molecule has 10 nitrogen and oxygen atoms in total. The predicted molar refractivity (Wildman–Crippen MR) is 119 cm³/mol. The second kappa shape index (κ2) is 8.88. The number of nitrogens with zero attached hydrogens (tertiary/aromatic N) is 4. The van der Waals surface area contributed by atoms with Crippen LogP contribution in [-0.4, -0.2) is 27.1 Å². The zero-order valence-corrected chi connectivity index (χ0v) is 16.5. The van der Waals surface area contributed by atoms with Crippen LogP contribution < -0.4 is 5.43 Å². The smallest absolute Gasteiger partial charge is 0.287 e. The number of nitrogens with one attached hydrogen (secondary N) is 2. The van der Waals surface area contributed by atoms with Crippen LogP contribution in [-0.2, 0) is 0 Å². The number of carbonyl (C=O) groups excluding carboxylic acids is 1. The van der Waals surface area contributed by atoms with E-state index in [1.54, 1.807) is 12.1 Å². The van der Waals surface area contributed by atoms with E-state index in [1.807, 2.05) is 24.3 Å². The molecular weight excluding hydrogens is 412 g/mol. The van der Waals surface area contributed by atoms with Gasteiger partial charge >= 0.3 is 0 Å². The van der Waals surface area contributed by atoms with Gasteiger partial charge < -0.3 is 10.1 Å². The van der Waals surface area contributed by atoms with Gasteiger partial charge in [0.05, 0.1) is 22.5 Å². The molecule has 0 spiro atoms. The molecule has 0 saturated carbocycles. The highest BCUT2D eigenvalue weighted by atomic mass is 16.6. The Labute approximate surface area is 181 Å². The van der Waals surface area contributed by atoms with Gasteiger partial charge in [-0.15, -0.1) is 0 Å². The molecule has 0 aliphatic carbocycles. The third-order valence-electron chi connectivity index (χ3n) is 4.50. The van der Waals surface area contributed by atoms with Gasteiger partial charge in [0.25, 0.3) is 11.6 Å². The number of phenolic OH excluding ortho intramolecular Hbond substituents is 1. The van der Waals surface area contributed by atoms with Crippen molar-refractivity contribution in [2.24, 2.45) is 15.3 Å². The maximum Gasteiger partial charge on any atom is 0.287 e. The maximum atomic E-state index is 12.3. The van der Waals surface area contributed by atoms with Crippen molar-refractivity contribution in [3.05, 3.63) is 94.2 Å². The van der Waals surface area contributed by atoms with Gasteiger partial charge in [-0.25, -0.2) is 5.43 Å². The summed E-state index contributed by atoms with van der Waals surface area (Å²) in [6.07, 6.45) is 1.29. The van der Waals surface area contributed by atoms with E-state index >= 15 is 0 Å². The Balaban J connectivity index is 1.44. The molecule has 10 heteroatoms. The summed E-state index contributed by atoms with van der Waals surface area (Å²) in [7, 11) is 0. The largest absolute Gasteiger partial charge is 0.507 e. The molecule has 158 valence electrons. The van der Waals surface area contributed by atoms with E-state index in [-0.39, 0.29) is 11.4 Å². The fraction of sp³-hybridized carbons (Fsp3) is 0. The van der Waals surface area contributed by atoms with E-state index < -0.39 is 10.8 Å². The minimum atomic E-state index is -0.497. The second-order valence-electron chi connectivity index (χ2n) is 6.69. The third kappa shape index (κ3) is 4.65. The maximum absolute atomic E-state index is 12.3. The van der Waals surface area contributed by atoms with Crippen LogP contribution in [0.15, 0.2) is 88.1 Å². The van der Waals surface area contributed by atoms with Crippen LogP contribution in [0, 0.1) is 10.1 Å². The Morgan fingerprint density at radius 2 is 1.72 bits per heavy atom. The summed E-state index contributed by atoms with van der Waals surface area (Å²) in [6.45, 7) is 0. The molecule has 1 amide bonds. The van der Waals surface area contributed by atoms with Gasteiger partial charge in [0, 0.05) is 28.6 Å². The fourth-order valence-corrected chi connectivity index (χ4v) is 2.88. The number of hydrazone groups is 1. The van der Waals surface area contributed by atoms with Gasteiger partial charge in [0.1, 0.15) is 11.4 Å². The van der Waals surface area contributed by atoms with Crippen molar-refractivity contribution >= 4 is 40.1 Å². The first-order valence-electron chi connectivity index (χ1n) is 9.40. The van der Waals surface area contributed by atoms with Gasteiger partial charge in [-0.1, -0.05) is 18.2 Å². The van der Waals surface area contributed by atoms with Gasteiger partial charge in [0.2, 0.25) is 0 Å². The lowest BCUT2D eigenvalue weighted by atomic mass is 10.2. The van der Waals surface area contributed by atoms with Crippen LogP contribution in [0.4, 0.5) is 17.1 Å². The van der Waals surface area contributed by atoms with Gasteiger partial charge in [-0.05, 0) is 42.5 Å². The summed E-state index contributed by atoms with van der Waals surface area (Å²) in [5.74, 6) is -0.478. The summed E-state index contributed by atoms with van der Waals surface area (Å²) < 4.78 is 0. The van der Waals surface area contributed by atoms with Gasteiger partial charge in [0.15, 0.2) is 0 Å². The van der Waals surface area contributed by atoms with Crippen molar-refractivity contribution in [2.45, 2.75) is 0 Å². The number of H-pyrrole nitrogens is 1. The molecule has 3 aromatic carbocycles. The summed E-state index contributed by atoms with van der Waals surface area (Å²) >= 11 is 0. The molecule has 0 aliphatic heterocycles. The first-order chi connectivity index (χ1) is 15.5. The number of hydrogen-bond acceptors (Lipinski definition) is 7. The number of fused-ring (bicyclic) bond motifs is 1. The van der Waals surface area contributed by atoms with Crippen LogP contribution in [0.25, 0.3) is 10.9 Å². The Bertz CT molecular complexity index is 1330. The number of azo groups is 1. The molecule has 3 N–H and O–H groups in total. The van der Waals surface area contributed by atoms with Crippen LogP contribution in [0.1, 0.15) is 16.1 Å². The van der Waals surface area contributed by atoms with Crippen LogP contribution in [0.2, 0.25) is 0 Å². The van der Waals surface area contributed by atoms with Crippen LogP contribution in [0.3, 0.4) is 0 Å². The lowest BCUT2D eigenvalue weighted by Gasteiger charge is -2.01. The Morgan fingerprint density at radius 1 is 1.00 bits per heavy atom.